The molecule has 0 unspecified atom stereocenters. The van der Waals surface area contributed by atoms with Crippen LogP contribution in [-0.2, 0) is 0 Å². The van der Waals surface area contributed by atoms with Gasteiger partial charge in [-0.15, -0.1) is 11.3 Å². The second kappa shape index (κ2) is 5.07. The van der Waals surface area contributed by atoms with E-state index >= 15 is 0 Å². The Labute approximate surface area is 122 Å². The van der Waals surface area contributed by atoms with Crippen molar-refractivity contribution in [1.29, 1.82) is 0 Å². The minimum absolute atomic E-state index is 0.0979. The normalized spacial score (nSPS) is 10.7. The predicted octanol–water partition coefficient (Wildman–Crippen LogP) is 2.92. The number of aromatic hydroxyl groups is 1. The quantitative estimate of drug-likeness (QED) is 0.763. The Balaban J connectivity index is 2.17. The topological polar surface area (TPSA) is 78.9 Å². The summed E-state index contributed by atoms with van der Waals surface area (Å²) in [4.78, 5) is 23.4. The van der Waals surface area contributed by atoms with Gasteiger partial charge >= 0.3 is 0 Å². The second-order valence-electron chi connectivity index (χ2n) is 3.99. The van der Waals surface area contributed by atoms with Gasteiger partial charge in [0, 0.05) is 11.2 Å². The van der Waals surface area contributed by atoms with E-state index < -0.39 is 5.56 Å². The highest BCUT2D eigenvalue weighted by Gasteiger charge is 2.14. The van der Waals surface area contributed by atoms with Gasteiger partial charge in [0.15, 0.2) is 5.82 Å². The van der Waals surface area contributed by atoms with Gasteiger partial charge in [-0.25, -0.2) is 0 Å². The van der Waals surface area contributed by atoms with Crippen LogP contribution < -0.4 is 5.56 Å². The average molecular weight is 306 g/mol. The van der Waals surface area contributed by atoms with E-state index in [0.717, 1.165) is 0 Å². The van der Waals surface area contributed by atoms with E-state index in [2.05, 4.69) is 15.0 Å². The Bertz CT molecular complexity index is 815. The molecule has 0 aliphatic rings. The summed E-state index contributed by atoms with van der Waals surface area (Å²) in [5.41, 5.74) is 1.81. The van der Waals surface area contributed by atoms with E-state index in [1.807, 2.05) is 0 Å². The maximum absolute atomic E-state index is 12.2. The van der Waals surface area contributed by atoms with Gasteiger partial charge in [-0.2, -0.15) is 4.98 Å². The molecule has 20 heavy (non-hydrogen) atoms. The summed E-state index contributed by atoms with van der Waals surface area (Å²) >= 11 is 7.21. The molecule has 0 fully saturated rings. The Kier molecular flexibility index (Phi) is 3.25. The third-order valence-electron chi connectivity index (χ3n) is 2.68. The fourth-order valence-corrected chi connectivity index (χ4v) is 2.57. The molecular weight excluding hydrogens is 298 g/mol. The van der Waals surface area contributed by atoms with Gasteiger partial charge in [0.25, 0.3) is 5.56 Å². The highest BCUT2D eigenvalue weighted by Crippen LogP contribution is 2.28. The summed E-state index contributed by atoms with van der Waals surface area (Å²) in [6.45, 7) is 0. The standard InChI is InChI=1S/C13H8ClN3O2S/c14-8-3-1-2-7(4-8)10-12(18)16-11(17-13(10)19)9-5-15-6-20-9/h1-6H,(H2,16,17,18,19). The van der Waals surface area contributed by atoms with Gasteiger partial charge in [0.05, 0.1) is 10.4 Å². The summed E-state index contributed by atoms with van der Waals surface area (Å²) in [6, 6.07) is 6.67. The van der Waals surface area contributed by atoms with Crippen molar-refractivity contribution in [2.75, 3.05) is 0 Å². The molecule has 0 spiro atoms. The molecule has 2 aromatic heterocycles. The lowest BCUT2D eigenvalue weighted by Crippen LogP contribution is -2.11. The van der Waals surface area contributed by atoms with Crippen molar-refractivity contribution < 1.29 is 5.11 Å². The number of aromatic amines is 1. The van der Waals surface area contributed by atoms with Crippen molar-refractivity contribution in [3.8, 4) is 27.7 Å². The summed E-state index contributed by atoms with van der Waals surface area (Å²) in [5, 5.41) is 10.5. The number of H-pyrrole nitrogens is 1. The highest BCUT2D eigenvalue weighted by atomic mass is 35.5. The number of hydrogen-bond acceptors (Lipinski definition) is 5. The number of benzene rings is 1. The first-order valence-corrected chi connectivity index (χ1v) is 6.89. The Hall–Kier alpha value is -2.18. The van der Waals surface area contributed by atoms with Crippen LogP contribution in [0.15, 0.2) is 40.8 Å². The number of aromatic nitrogens is 3. The Morgan fingerprint density at radius 2 is 2.20 bits per heavy atom. The summed E-state index contributed by atoms with van der Waals surface area (Å²) in [5.74, 6) is -0.0415. The van der Waals surface area contributed by atoms with Gasteiger partial charge in [0.2, 0.25) is 5.88 Å². The van der Waals surface area contributed by atoms with Crippen molar-refractivity contribution in [2.24, 2.45) is 0 Å². The minimum atomic E-state index is -0.428. The summed E-state index contributed by atoms with van der Waals surface area (Å²) in [6.07, 6.45) is 1.57. The average Bonchev–Trinajstić information content (AvgIpc) is 2.91. The van der Waals surface area contributed by atoms with Crippen LogP contribution in [0.4, 0.5) is 0 Å². The van der Waals surface area contributed by atoms with E-state index in [4.69, 9.17) is 11.6 Å². The number of thiazole rings is 1. The molecular formula is C13H8ClN3O2S. The van der Waals surface area contributed by atoms with Crippen LogP contribution in [0.3, 0.4) is 0 Å². The molecule has 2 heterocycles. The molecule has 3 rings (SSSR count). The van der Waals surface area contributed by atoms with Crippen LogP contribution in [0, 0.1) is 0 Å². The van der Waals surface area contributed by atoms with Gasteiger partial charge in [0.1, 0.15) is 5.56 Å². The predicted molar refractivity (Wildman–Crippen MR) is 78.1 cm³/mol. The number of halogens is 1. The van der Waals surface area contributed by atoms with Gasteiger partial charge in [-0.05, 0) is 17.7 Å². The maximum atomic E-state index is 12.2. The smallest absolute Gasteiger partial charge is 0.262 e. The third-order valence-corrected chi connectivity index (χ3v) is 3.69. The zero-order chi connectivity index (χ0) is 14.1. The second-order valence-corrected chi connectivity index (χ2v) is 5.31. The van der Waals surface area contributed by atoms with Gasteiger partial charge < -0.3 is 10.1 Å². The van der Waals surface area contributed by atoms with Crippen LogP contribution >= 0.6 is 22.9 Å². The molecule has 0 radical (unpaired) electrons. The lowest BCUT2D eigenvalue weighted by molar-refractivity contribution is 0.454. The first kappa shape index (κ1) is 12.8. The number of nitrogens with one attached hydrogen (secondary N) is 1. The minimum Gasteiger partial charge on any atom is -0.493 e. The molecule has 100 valence electrons. The zero-order valence-electron chi connectivity index (χ0n) is 10.0. The van der Waals surface area contributed by atoms with Crippen LogP contribution in [0.1, 0.15) is 0 Å². The molecule has 5 nitrogen and oxygen atoms in total. The van der Waals surface area contributed by atoms with E-state index in [1.165, 1.54) is 11.3 Å². The monoisotopic (exact) mass is 305 g/mol. The molecule has 7 heteroatoms. The molecule has 0 saturated carbocycles. The maximum Gasteiger partial charge on any atom is 0.262 e. The molecule has 1 aromatic carbocycles. The first-order chi connectivity index (χ1) is 9.65. The van der Waals surface area contributed by atoms with Crippen LogP contribution in [0.2, 0.25) is 5.02 Å². The summed E-state index contributed by atoms with van der Waals surface area (Å²) in [7, 11) is 0. The van der Waals surface area contributed by atoms with E-state index in [0.29, 0.717) is 21.3 Å². The zero-order valence-corrected chi connectivity index (χ0v) is 11.6. The van der Waals surface area contributed by atoms with Crippen molar-refractivity contribution >= 4 is 22.9 Å². The molecule has 3 aromatic rings. The fraction of sp³-hybridized carbons (Fsp3) is 0. The lowest BCUT2D eigenvalue weighted by atomic mass is 10.1. The van der Waals surface area contributed by atoms with Crippen LogP contribution in [0.25, 0.3) is 21.8 Å². The molecule has 0 aliphatic heterocycles. The molecule has 0 saturated heterocycles. The highest BCUT2D eigenvalue weighted by molar-refractivity contribution is 7.13. The summed E-state index contributed by atoms with van der Waals surface area (Å²) < 4.78 is 0. The molecule has 0 bridgehead atoms. The number of rotatable bonds is 2. The van der Waals surface area contributed by atoms with Crippen LogP contribution in [-0.4, -0.2) is 20.1 Å². The fourth-order valence-electron chi connectivity index (χ4n) is 1.81. The van der Waals surface area contributed by atoms with E-state index in [-0.39, 0.29) is 11.4 Å². The largest absolute Gasteiger partial charge is 0.493 e. The Morgan fingerprint density at radius 3 is 2.85 bits per heavy atom. The molecule has 0 amide bonds. The van der Waals surface area contributed by atoms with E-state index in [9.17, 15) is 9.90 Å². The van der Waals surface area contributed by atoms with Crippen molar-refractivity contribution in [2.45, 2.75) is 0 Å². The van der Waals surface area contributed by atoms with Crippen molar-refractivity contribution in [1.82, 2.24) is 15.0 Å². The molecule has 0 atom stereocenters. The van der Waals surface area contributed by atoms with Gasteiger partial charge in [-0.1, -0.05) is 23.7 Å². The Morgan fingerprint density at radius 1 is 1.35 bits per heavy atom. The lowest BCUT2D eigenvalue weighted by Gasteiger charge is -2.05. The number of hydrogen-bond donors (Lipinski definition) is 2. The van der Waals surface area contributed by atoms with Crippen molar-refractivity contribution in [3.05, 3.63) is 51.3 Å². The van der Waals surface area contributed by atoms with Crippen LogP contribution in [0.5, 0.6) is 5.88 Å². The molecule has 2 N–H and O–H groups in total. The molecule has 0 aliphatic carbocycles. The van der Waals surface area contributed by atoms with Crippen molar-refractivity contribution in [3.63, 3.8) is 0 Å². The SMILES string of the molecule is O=c1[nH]c(-c2cncs2)nc(O)c1-c1cccc(Cl)c1. The van der Waals surface area contributed by atoms with E-state index in [1.54, 1.807) is 36.0 Å². The van der Waals surface area contributed by atoms with Gasteiger partial charge in [-0.3, -0.25) is 9.78 Å². The number of nitrogens with zero attached hydrogens (tertiary/aromatic N) is 2. The third kappa shape index (κ3) is 2.31. The first-order valence-electron chi connectivity index (χ1n) is 5.63.